The number of esters is 1. The summed E-state index contributed by atoms with van der Waals surface area (Å²) in [5.74, 6) is -0.192. The molecule has 0 aliphatic rings. The van der Waals surface area contributed by atoms with Crippen LogP contribution in [0.1, 0.15) is 33.1 Å². The number of rotatable bonds is 8. The van der Waals surface area contributed by atoms with Crippen molar-refractivity contribution in [1.82, 2.24) is 5.32 Å². The summed E-state index contributed by atoms with van der Waals surface area (Å²) in [6.45, 7) is 4.31. The topological polar surface area (TPSA) is 64.6 Å². The third kappa shape index (κ3) is 7.85. The van der Waals surface area contributed by atoms with Crippen LogP contribution in [0.25, 0.3) is 0 Å². The van der Waals surface area contributed by atoms with Crippen molar-refractivity contribution in [1.29, 1.82) is 0 Å². The molecule has 5 nitrogen and oxygen atoms in total. The number of carbonyl (C=O) groups excluding carboxylic acids is 2. The number of alkyl halides is 1. The Morgan fingerprint density at radius 3 is 2.41 bits per heavy atom. The molecule has 17 heavy (non-hydrogen) atoms. The van der Waals surface area contributed by atoms with Crippen LogP contribution >= 0.6 is 11.6 Å². The Morgan fingerprint density at radius 2 is 1.88 bits per heavy atom. The van der Waals surface area contributed by atoms with Crippen molar-refractivity contribution in [2.24, 2.45) is 0 Å². The molecule has 1 N–H and O–H groups in total. The summed E-state index contributed by atoms with van der Waals surface area (Å²) in [5.41, 5.74) is 0. The predicted molar refractivity (Wildman–Crippen MR) is 65.1 cm³/mol. The molecule has 0 fully saturated rings. The van der Waals surface area contributed by atoms with Crippen molar-refractivity contribution in [3.05, 3.63) is 0 Å². The van der Waals surface area contributed by atoms with Gasteiger partial charge < -0.3 is 14.8 Å². The van der Waals surface area contributed by atoms with E-state index in [-0.39, 0.29) is 12.5 Å². The third-order valence-electron chi connectivity index (χ3n) is 1.91. The van der Waals surface area contributed by atoms with Crippen molar-refractivity contribution in [3.8, 4) is 0 Å². The van der Waals surface area contributed by atoms with Crippen LogP contribution in [0.4, 0.5) is 4.79 Å². The van der Waals surface area contributed by atoms with Crippen LogP contribution in [0.3, 0.4) is 0 Å². The molecule has 0 heterocycles. The van der Waals surface area contributed by atoms with Gasteiger partial charge in [-0.3, -0.25) is 0 Å². The predicted octanol–water partition coefficient (Wildman–Crippen LogP) is 2.07. The summed E-state index contributed by atoms with van der Waals surface area (Å²) < 4.78 is 9.71. The molecular weight excluding hydrogens is 246 g/mol. The molecule has 0 aromatic carbocycles. The van der Waals surface area contributed by atoms with Crippen LogP contribution in [0.5, 0.6) is 0 Å². The fraction of sp³-hybridized carbons (Fsp3) is 0.818. The van der Waals surface area contributed by atoms with Crippen LogP contribution < -0.4 is 5.32 Å². The van der Waals surface area contributed by atoms with Crippen LogP contribution in [0, 0.1) is 0 Å². The normalized spacial score (nSPS) is 11.7. The highest BCUT2D eigenvalue weighted by Crippen LogP contribution is 2.01. The van der Waals surface area contributed by atoms with Crippen molar-refractivity contribution in [2.75, 3.05) is 19.1 Å². The van der Waals surface area contributed by atoms with Crippen molar-refractivity contribution in [3.63, 3.8) is 0 Å². The van der Waals surface area contributed by atoms with Crippen molar-refractivity contribution >= 4 is 23.7 Å². The Labute approximate surface area is 107 Å². The molecule has 0 bridgehead atoms. The van der Waals surface area contributed by atoms with Crippen molar-refractivity contribution in [2.45, 2.75) is 39.2 Å². The largest absolute Gasteiger partial charge is 0.464 e. The zero-order valence-corrected chi connectivity index (χ0v) is 11.1. The van der Waals surface area contributed by atoms with E-state index in [1.165, 1.54) is 0 Å². The highest BCUT2D eigenvalue weighted by atomic mass is 35.5. The van der Waals surface area contributed by atoms with Gasteiger partial charge in [-0.15, -0.1) is 11.6 Å². The Kier molecular flexibility index (Phi) is 9.62. The van der Waals surface area contributed by atoms with E-state index in [9.17, 15) is 9.59 Å². The molecule has 1 atom stereocenters. The summed E-state index contributed by atoms with van der Waals surface area (Å²) in [4.78, 5) is 22.8. The van der Waals surface area contributed by atoms with Gasteiger partial charge in [0.2, 0.25) is 0 Å². The first-order valence-electron chi connectivity index (χ1n) is 5.81. The summed E-state index contributed by atoms with van der Waals surface area (Å²) in [6, 6.07) is -0.644. The average molecular weight is 266 g/mol. The van der Waals surface area contributed by atoms with Crippen LogP contribution in [0.15, 0.2) is 0 Å². The standard InChI is InChI=1S/C11H20ClNO4/c1-3-5-9(10(14)16-7-4-2)13-11(15)17-8-6-12/h9H,3-8H2,1-2H3,(H,13,15). The number of halogens is 1. The Bertz CT molecular complexity index is 236. The first kappa shape index (κ1) is 16.0. The number of amides is 1. The Hall–Kier alpha value is -0.970. The molecule has 6 heteroatoms. The van der Waals surface area contributed by atoms with E-state index in [1.54, 1.807) is 0 Å². The van der Waals surface area contributed by atoms with Crippen LogP contribution in [0.2, 0.25) is 0 Å². The zero-order chi connectivity index (χ0) is 13.1. The van der Waals surface area contributed by atoms with E-state index in [1.807, 2.05) is 13.8 Å². The maximum atomic E-state index is 11.6. The van der Waals surface area contributed by atoms with E-state index in [2.05, 4.69) is 5.32 Å². The first-order valence-corrected chi connectivity index (χ1v) is 6.35. The second-order valence-corrected chi connectivity index (χ2v) is 3.86. The van der Waals surface area contributed by atoms with Crippen LogP contribution in [-0.2, 0) is 14.3 Å². The minimum Gasteiger partial charge on any atom is -0.464 e. The third-order valence-corrected chi connectivity index (χ3v) is 2.07. The quantitative estimate of drug-likeness (QED) is 0.539. The summed E-state index contributed by atoms with van der Waals surface area (Å²) in [6.07, 6.45) is 1.40. The monoisotopic (exact) mass is 265 g/mol. The number of hydrogen-bond acceptors (Lipinski definition) is 4. The number of hydrogen-bond donors (Lipinski definition) is 1. The summed E-state index contributed by atoms with van der Waals surface area (Å²) in [7, 11) is 0. The summed E-state index contributed by atoms with van der Waals surface area (Å²) >= 11 is 5.38. The van der Waals surface area contributed by atoms with E-state index < -0.39 is 18.1 Å². The van der Waals surface area contributed by atoms with Gasteiger partial charge in [0.05, 0.1) is 12.5 Å². The van der Waals surface area contributed by atoms with E-state index in [4.69, 9.17) is 21.1 Å². The van der Waals surface area contributed by atoms with Gasteiger partial charge in [-0.05, 0) is 12.8 Å². The second-order valence-electron chi connectivity index (χ2n) is 3.48. The molecular formula is C11H20ClNO4. The van der Waals surface area contributed by atoms with Gasteiger partial charge in [0, 0.05) is 0 Å². The molecule has 0 saturated carbocycles. The lowest BCUT2D eigenvalue weighted by Gasteiger charge is -2.16. The lowest BCUT2D eigenvalue weighted by molar-refractivity contribution is -0.146. The summed E-state index contributed by atoms with van der Waals surface area (Å²) in [5, 5.41) is 2.47. The molecule has 0 aliphatic heterocycles. The van der Waals surface area contributed by atoms with Gasteiger partial charge in [0.1, 0.15) is 12.6 Å². The molecule has 100 valence electrons. The number of nitrogens with one attached hydrogen (secondary N) is 1. The smallest absolute Gasteiger partial charge is 0.407 e. The SMILES string of the molecule is CCCOC(=O)C(CCC)NC(=O)OCCCl. The molecule has 0 radical (unpaired) electrons. The molecule has 0 rings (SSSR count). The molecule has 0 aromatic heterocycles. The molecule has 0 aromatic rings. The fourth-order valence-electron chi connectivity index (χ4n) is 1.16. The minimum absolute atomic E-state index is 0.121. The minimum atomic E-state index is -0.644. The van der Waals surface area contributed by atoms with Crippen molar-refractivity contribution < 1.29 is 19.1 Å². The van der Waals surface area contributed by atoms with Gasteiger partial charge in [-0.25, -0.2) is 9.59 Å². The highest BCUT2D eigenvalue weighted by molar-refractivity contribution is 6.18. The molecule has 1 amide bonds. The lowest BCUT2D eigenvalue weighted by atomic mass is 10.2. The molecule has 0 saturated heterocycles. The van der Waals surface area contributed by atoms with Gasteiger partial charge in [-0.1, -0.05) is 20.3 Å². The van der Waals surface area contributed by atoms with Crippen LogP contribution in [-0.4, -0.2) is 37.2 Å². The van der Waals surface area contributed by atoms with E-state index >= 15 is 0 Å². The Morgan fingerprint density at radius 1 is 1.18 bits per heavy atom. The Balaban J connectivity index is 4.12. The van der Waals surface area contributed by atoms with E-state index in [0.717, 1.165) is 12.8 Å². The van der Waals surface area contributed by atoms with E-state index in [0.29, 0.717) is 13.0 Å². The number of carbonyl (C=O) groups is 2. The maximum Gasteiger partial charge on any atom is 0.407 e. The average Bonchev–Trinajstić information content (AvgIpc) is 2.32. The lowest BCUT2D eigenvalue weighted by Crippen LogP contribution is -2.42. The first-order chi connectivity index (χ1) is 8.15. The highest BCUT2D eigenvalue weighted by Gasteiger charge is 2.21. The number of ether oxygens (including phenoxy) is 2. The molecule has 0 aliphatic carbocycles. The maximum absolute atomic E-state index is 11.6. The molecule has 1 unspecified atom stereocenters. The van der Waals surface area contributed by atoms with Gasteiger partial charge in [0.25, 0.3) is 0 Å². The molecule has 0 spiro atoms. The number of alkyl carbamates (subject to hydrolysis) is 1. The van der Waals surface area contributed by atoms with Gasteiger partial charge in [0.15, 0.2) is 0 Å². The second kappa shape index (κ2) is 10.2. The zero-order valence-electron chi connectivity index (χ0n) is 10.3. The van der Waals surface area contributed by atoms with Gasteiger partial charge >= 0.3 is 12.1 Å². The van der Waals surface area contributed by atoms with Gasteiger partial charge in [-0.2, -0.15) is 0 Å². The fourth-order valence-corrected chi connectivity index (χ4v) is 1.23.